The van der Waals surface area contributed by atoms with Crippen LogP contribution in [0.4, 0.5) is 0 Å². The van der Waals surface area contributed by atoms with Gasteiger partial charge in [0, 0.05) is 18.4 Å². The fraction of sp³-hybridized carbons (Fsp3) is 0.909. The van der Waals surface area contributed by atoms with Gasteiger partial charge in [0.2, 0.25) is 0 Å². The molecule has 0 bridgehead atoms. The van der Waals surface area contributed by atoms with Gasteiger partial charge in [-0.2, -0.15) is 0 Å². The maximum Gasteiger partial charge on any atom is 0.141 e. The Kier molecular flexibility index (Phi) is 3.19. The summed E-state index contributed by atoms with van der Waals surface area (Å²) in [4.78, 5) is 12.0. The van der Waals surface area contributed by atoms with Crippen LogP contribution in [0.2, 0.25) is 0 Å². The van der Waals surface area contributed by atoms with Gasteiger partial charge in [-0.05, 0) is 31.8 Å². The van der Waals surface area contributed by atoms with Gasteiger partial charge in [0.15, 0.2) is 0 Å². The molecule has 0 aromatic carbocycles. The Morgan fingerprint density at radius 1 is 1.50 bits per heavy atom. The van der Waals surface area contributed by atoms with Crippen LogP contribution in [-0.4, -0.2) is 32.1 Å². The third-order valence-electron chi connectivity index (χ3n) is 3.53. The van der Waals surface area contributed by atoms with Gasteiger partial charge in [0.25, 0.3) is 0 Å². The van der Waals surface area contributed by atoms with E-state index in [1.165, 1.54) is 0 Å². The average molecular weight is 197 g/mol. The third kappa shape index (κ3) is 1.98. The first-order chi connectivity index (χ1) is 6.79. The molecule has 2 unspecified atom stereocenters. The second kappa shape index (κ2) is 4.41. The quantitative estimate of drug-likeness (QED) is 0.728. The summed E-state index contributed by atoms with van der Waals surface area (Å²) < 4.78 is 5.35. The number of rotatable bonds is 3. The van der Waals surface area contributed by atoms with Crippen molar-refractivity contribution in [3.63, 3.8) is 0 Å². The van der Waals surface area contributed by atoms with Crippen molar-refractivity contribution in [1.82, 2.24) is 5.32 Å². The fourth-order valence-corrected chi connectivity index (χ4v) is 2.23. The molecule has 2 atom stereocenters. The number of ketones is 1. The molecule has 3 heteroatoms. The van der Waals surface area contributed by atoms with Gasteiger partial charge in [0.05, 0.1) is 6.61 Å². The van der Waals surface area contributed by atoms with E-state index in [2.05, 4.69) is 12.2 Å². The monoisotopic (exact) mass is 197 g/mol. The minimum Gasteiger partial charge on any atom is -0.381 e. The molecule has 3 nitrogen and oxygen atoms in total. The van der Waals surface area contributed by atoms with Crippen LogP contribution in [0.1, 0.15) is 19.8 Å². The van der Waals surface area contributed by atoms with Crippen molar-refractivity contribution in [1.29, 1.82) is 0 Å². The fourth-order valence-electron chi connectivity index (χ4n) is 2.23. The summed E-state index contributed by atoms with van der Waals surface area (Å²) in [5.41, 5.74) is 0. The van der Waals surface area contributed by atoms with Crippen LogP contribution in [0.15, 0.2) is 0 Å². The Labute approximate surface area is 85.2 Å². The molecule has 2 fully saturated rings. The molecule has 2 aliphatic heterocycles. The van der Waals surface area contributed by atoms with Crippen LogP contribution in [0, 0.1) is 17.8 Å². The van der Waals surface area contributed by atoms with E-state index in [-0.39, 0.29) is 11.8 Å². The molecule has 14 heavy (non-hydrogen) atoms. The maximum absolute atomic E-state index is 12.0. The first-order valence-electron chi connectivity index (χ1n) is 5.61. The lowest BCUT2D eigenvalue weighted by atomic mass is 9.80. The van der Waals surface area contributed by atoms with Gasteiger partial charge in [-0.3, -0.25) is 4.79 Å². The van der Waals surface area contributed by atoms with Gasteiger partial charge in [-0.15, -0.1) is 0 Å². The van der Waals surface area contributed by atoms with E-state index in [0.29, 0.717) is 18.3 Å². The Bertz CT molecular complexity index is 203. The molecule has 0 aromatic rings. The summed E-state index contributed by atoms with van der Waals surface area (Å²) in [5.74, 6) is 1.41. The molecule has 2 aliphatic rings. The summed E-state index contributed by atoms with van der Waals surface area (Å²) in [6.07, 6.45) is 2.08. The van der Waals surface area contributed by atoms with Crippen molar-refractivity contribution in [2.24, 2.45) is 17.8 Å². The molecule has 0 amide bonds. The first kappa shape index (κ1) is 10.1. The highest BCUT2D eigenvalue weighted by molar-refractivity contribution is 5.83. The number of hydrogen-bond acceptors (Lipinski definition) is 3. The predicted octanol–water partition coefficient (Wildman–Crippen LogP) is 0.838. The van der Waals surface area contributed by atoms with Crippen LogP contribution < -0.4 is 5.32 Å². The predicted molar refractivity (Wildman–Crippen MR) is 54.1 cm³/mol. The van der Waals surface area contributed by atoms with Crippen molar-refractivity contribution in [2.75, 3.05) is 26.3 Å². The summed E-state index contributed by atoms with van der Waals surface area (Å²) in [5, 5.41) is 3.22. The number of carbonyl (C=O) groups excluding carboxylic acids is 1. The van der Waals surface area contributed by atoms with E-state index >= 15 is 0 Å². The molecule has 1 N–H and O–H groups in total. The Morgan fingerprint density at radius 3 is 2.79 bits per heavy atom. The van der Waals surface area contributed by atoms with Crippen molar-refractivity contribution < 1.29 is 9.53 Å². The summed E-state index contributed by atoms with van der Waals surface area (Å²) in [7, 11) is 0. The number of hydrogen-bond donors (Lipinski definition) is 1. The van der Waals surface area contributed by atoms with Crippen LogP contribution in [0.3, 0.4) is 0 Å². The number of nitrogens with one attached hydrogen (secondary N) is 1. The largest absolute Gasteiger partial charge is 0.381 e. The lowest BCUT2D eigenvalue weighted by molar-refractivity contribution is -0.132. The third-order valence-corrected chi connectivity index (χ3v) is 3.53. The van der Waals surface area contributed by atoms with Crippen molar-refractivity contribution >= 4 is 5.78 Å². The lowest BCUT2D eigenvalue weighted by Crippen LogP contribution is -2.48. The molecular weight excluding hydrogens is 178 g/mol. The van der Waals surface area contributed by atoms with Crippen LogP contribution in [0.5, 0.6) is 0 Å². The molecule has 2 heterocycles. The molecule has 0 saturated carbocycles. The maximum atomic E-state index is 12.0. The summed E-state index contributed by atoms with van der Waals surface area (Å²) in [6.45, 7) is 5.59. The van der Waals surface area contributed by atoms with Gasteiger partial charge < -0.3 is 10.1 Å². The number of carbonyl (C=O) groups is 1. The lowest BCUT2D eigenvalue weighted by Gasteiger charge is -2.34. The zero-order valence-electron chi connectivity index (χ0n) is 8.79. The molecular formula is C11H19NO2. The Hall–Kier alpha value is -0.410. The first-order valence-corrected chi connectivity index (χ1v) is 5.61. The van der Waals surface area contributed by atoms with Gasteiger partial charge >= 0.3 is 0 Å². The van der Waals surface area contributed by atoms with Crippen LogP contribution in [0.25, 0.3) is 0 Å². The SMILES string of the molecule is CC(C(=O)C1CCCOC1)C1CNC1. The van der Waals surface area contributed by atoms with E-state index < -0.39 is 0 Å². The van der Waals surface area contributed by atoms with Gasteiger partial charge in [0.1, 0.15) is 5.78 Å². The topological polar surface area (TPSA) is 38.3 Å². The highest BCUT2D eigenvalue weighted by Gasteiger charge is 2.33. The Balaban J connectivity index is 1.85. The zero-order chi connectivity index (χ0) is 9.97. The van der Waals surface area contributed by atoms with Crippen LogP contribution in [-0.2, 0) is 9.53 Å². The standard InChI is InChI=1S/C11H19NO2/c1-8(10-5-12-6-10)11(13)9-3-2-4-14-7-9/h8-10,12H,2-7H2,1H3. The second-order valence-electron chi connectivity index (χ2n) is 4.52. The molecule has 2 rings (SSSR count). The smallest absolute Gasteiger partial charge is 0.141 e. The highest BCUT2D eigenvalue weighted by atomic mass is 16.5. The second-order valence-corrected chi connectivity index (χ2v) is 4.52. The molecule has 0 aliphatic carbocycles. The summed E-state index contributed by atoms with van der Waals surface area (Å²) in [6, 6.07) is 0. The minimum atomic E-state index is 0.180. The van der Waals surface area contributed by atoms with Crippen molar-refractivity contribution in [2.45, 2.75) is 19.8 Å². The summed E-state index contributed by atoms with van der Waals surface area (Å²) >= 11 is 0. The van der Waals surface area contributed by atoms with Gasteiger partial charge in [-0.25, -0.2) is 0 Å². The zero-order valence-corrected chi connectivity index (χ0v) is 8.79. The minimum absolute atomic E-state index is 0.180. The van der Waals surface area contributed by atoms with E-state index in [0.717, 1.165) is 32.5 Å². The van der Waals surface area contributed by atoms with Crippen molar-refractivity contribution in [3.8, 4) is 0 Å². The van der Waals surface area contributed by atoms with Crippen LogP contribution >= 0.6 is 0 Å². The molecule has 0 aromatic heterocycles. The highest BCUT2D eigenvalue weighted by Crippen LogP contribution is 2.24. The molecule has 0 spiro atoms. The number of Topliss-reactive ketones (excluding diaryl/α,β-unsaturated/α-hetero) is 1. The van der Waals surface area contributed by atoms with E-state index in [1.807, 2.05) is 0 Å². The molecule has 80 valence electrons. The normalized spacial score (nSPS) is 30.8. The van der Waals surface area contributed by atoms with E-state index in [1.54, 1.807) is 0 Å². The van der Waals surface area contributed by atoms with E-state index in [4.69, 9.17) is 4.74 Å². The Morgan fingerprint density at radius 2 is 2.29 bits per heavy atom. The van der Waals surface area contributed by atoms with Crippen molar-refractivity contribution in [3.05, 3.63) is 0 Å². The van der Waals surface area contributed by atoms with Gasteiger partial charge in [-0.1, -0.05) is 6.92 Å². The number of ether oxygens (including phenoxy) is 1. The average Bonchev–Trinajstić information content (AvgIpc) is 2.15. The molecule has 0 radical (unpaired) electrons. The molecule has 2 saturated heterocycles. The van der Waals surface area contributed by atoms with E-state index in [9.17, 15) is 4.79 Å².